The minimum absolute atomic E-state index is 0.00447. The van der Waals surface area contributed by atoms with E-state index in [1.165, 1.54) is 12.8 Å². The number of hydrogen-bond acceptors (Lipinski definition) is 6. The quantitative estimate of drug-likeness (QED) is 0.509. The second-order valence-electron chi connectivity index (χ2n) is 9.69. The van der Waals surface area contributed by atoms with Gasteiger partial charge in [0.05, 0.1) is 12.8 Å². The van der Waals surface area contributed by atoms with E-state index >= 15 is 0 Å². The average Bonchev–Trinajstić information content (AvgIpc) is 3.36. The summed E-state index contributed by atoms with van der Waals surface area (Å²) in [4.78, 5) is 35.7. The third-order valence-corrected chi connectivity index (χ3v) is 8.45. The Balaban J connectivity index is 1.32. The third kappa shape index (κ3) is 5.26. The van der Waals surface area contributed by atoms with Crippen LogP contribution in [0.4, 0.5) is 5.69 Å². The lowest BCUT2D eigenvalue weighted by Crippen LogP contribution is -2.55. The van der Waals surface area contributed by atoms with E-state index < -0.39 is 0 Å². The van der Waals surface area contributed by atoms with Crippen LogP contribution in [-0.4, -0.2) is 92.5 Å². The van der Waals surface area contributed by atoms with Crippen LogP contribution in [0.15, 0.2) is 53.9 Å². The Morgan fingerprint density at radius 3 is 2.36 bits per heavy atom. The van der Waals surface area contributed by atoms with Crippen molar-refractivity contribution in [3.63, 3.8) is 0 Å². The lowest BCUT2D eigenvalue weighted by Gasteiger charge is -2.42. The molecule has 0 aliphatic carbocycles. The smallest absolute Gasteiger partial charge is 0.258 e. The zero-order chi connectivity index (χ0) is 25.1. The largest absolute Gasteiger partial charge is 0.497 e. The summed E-state index contributed by atoms with van der Waals surface area (Å²) in [5.74, 6) is 0.507. The van der Waals surface area contributed by atoms with Gasteiger partial charge in [-0.05, 0) is 63.3 Å². The molecule has 7 nitrogen and oxygen atoms in total. The van der Waals surface area contributed by atoms with E-state index in [2.05, 4.69) is 16.8 Å². The number of likely N-dealkylation sites (tertiary alicyclic amines) is 1. The fraction of sp³-hybridized carbons (Fsp3) is 0.429. The van der Waals surface area contributed by atoms with Gasteiger partial charge in [0.1, 0.15) is 12.3 Å². The number of ether oxygens (including phenoxy) is 1. The van der Waals surface area contributed by atoms with Crippen LogP contribution in [0.5, 0.6) is 5.75 Å². The highest BCUT2D eigenvalue weighted by Gasteiger charge is 2.30. The molecule has 0 unspecified atom stereocenters. The summed E-state index contributed by atoms with van der Waals surface area (Å²) >= 11 is 1.59. The molecule has 2 aliphatic heterocycles. The van der Waals surface area contributed by atoms with E-state index in [9.17, 15) is 9.59 Å². The molecular weight excluding hydrogens is 472 g/mol. The van der Waals surface area contributed by atoms with Crippen LogP contribution in [-0.2, 0) is 4.79 Å². The van der Waals surface area contributed by atoms with Crippen molar-refractivity contribution in [2.45, 2.75) is 18.9 Å². The molecule has 0 N–H and O–H groups in total. The number of fused-ring (bicyclic) bond motifs is 1. The van der Waals surface area contributed by atoms with Crippen molar-refractivity contribution >= 4 is 38.9 Å². The molecule has 0 radical (unpaired) electrons. The zero-order valence-electron chi connectivity index (χ0n) is 21.1. The minimum Gasteiger partial charge on any atom is -0.497 e. The maximum absolute atomic E-state index is 13.7. The number of piperidine rings is 1. The highest BCUT2D eigenvalue weighted by atomic mass is 32.1. The van der Waals surface area contributed by atoms with E-state index in [1.807, 2.05) is 34.5 Å². The van der Waals surface area contributed by atoms with Crippen LogP contribution in [0.3, 0.4) is 0 Å². The van der Waals surface area contributed by atoms with Crippen molar-refractivity contribution in [2.75, 3.05) is 64.9 Å². The van der Waals surface area contributed by atoms with Crippen molar-refractivity contribution in [3.8, 4) is 5.75 Å². The Hall–Kier alpha value is -2.94. The molecule has 8 heteroatoms. The molecule has 36 heavy (non-hydrogen) atoms. The SMILES string of the molecule is COc1ccc(C(=O)N(CC(=O)N2CCN(C3CCN(C)CC3)CC2)c2csc3ccccc23)cc1. The fourth-order valence-electron chi connectivity index (χ4n) is 5.26. The maximum Gasteiger partial charge on any atom is 0.258 e. The number of hydrogen-bond donors (Lipinski definition) is 0. The highest BCUT2D eigenvalue weighted by molar-refractivity contribution is 7.17. The topological polar surface area (TPSA) is 56.3 Å². The summed E-state index contributed by atoms with van der Waals surface area (Å²) in [7, 11) is 3.79. The molecule has 2 aliphatic rings. The van der Waals surface area contributed by atoms with Crippen LogP contribution < -0.4 is 9.64 Å². The first kappa shape index (κ1) is 24.7. The van der Waals surface area contributed by atoms with E-state index in [0.717, 1.165) is 42.0 Å². The molecule has 0 atom stereocenters. The summed E-state index contributed by atoms with van der Waals surface area (Å²) in [5, 5.41) is 2.97. The molecule has 1 aromatic heterocycles. The number of rotatable bonds is 6. The Bertz CT molecular complexity index is 1190. The number of piperazine rings is 1. The van der Waals surface area contributed by atoms with Crippen molar-refractivity contribution < 1.29 is 14.3 Å². The summed E-state index contributed by atoms with van der Waals surface area (Å²) in [6, 6.07) is 15.7. The Kier molecular flexibility index (Phi) is 7.55. The van der Waals surface area contributed by atoms with E-state index in [-0.39, 0.29) is 18.4 Å². The summed E-state index contributed by atoms with van der Waals surface area (Å²) < 4.78 is 6.35. The van der Waals surface area contributed by atoms with Gasteiger partial charge in [-0.25, -0.2) is 0 Å². The van der Waals surface area contributed by atoms with Crippen LogP contribution >= 0.6 is 11.3 Å². The second-order valence-corrected chi connectivity index (χ2v) is 10.6. The number of methoxy groups -OCH3 is 1. The van der Waals surface area contributed by atoms with Gasteiger partial charge in [-0.3, -0.25) is 19.4 Å². The van der Waals surface area contributed by atoms with E-state index in [4.69, 9.17) is 4.74 Å². The van der Waals surface area contributed by atoms with E-state index in [1.54, 1.807) is 47.6 Å². The number of anilines is 1. The molecule has 190 valence electrons. The Labute approximate surface area is 216 Å². The van der Waals surface area contributed by atoms with Gasteiger partial charge < -0.3 is 14.5 Å². The number of carbonyl (C=O) groups excluding carboxylic acids is 2. The predicted octanol–water partition coefficient (Wildman–Crippen LogP) is 3.80. The van der Waals surface area contributed by atoms with Crippen LogP contribution in [0.2, 0.25) is 0 Å². The van der Waals surface area contributed by atoms with Crippen molar-refractivity contribution in [3.05, 3.63) is 59.5 Å². The Morgan fingerprint density at radius 2 is 1.67 bits per heavy atom. The van der Waals surface area contributed by atoms with Gasteiger partial charge in [0.15, 0.2) is 0 Å². The predicted molar refractivity (Wildman–Crippen MR) is 145 cm³/mol. The molecule has 0 bridgehead atoms. The van der Waals surface area contributed by atoms with Crippen molar-refractivity contribution in [1.29, 1.82) is 0 Å². The van der Waals surface area contributed by atoms with Gasteiger partial charge >= 0.3 is 0 Å². The lowest BCUT2D eigenvalue weighted by atomic mass is 10.0. The normalized spacial score (nSPS) is 17.9. The molecule has 3 aromatic rings. The van der Waals surface area contributed by atoms with Crippen molar-refractivity contribution in [1.82, 2.24) is 14.7 Å². The van der Waals surface area contributed by atoms with Crippen LogP contribution in [0, 0.1) is 0 Å². The highest BCUT2D eigenvalue weighted by Crippen LogP contribution is 2.34. The number of thiophene rings is 1. The molecular formula is C28H34N4O3S. The number of carbonyl (C=O) groups is 2. The molecule has 2 amide bonds. The van der Waals surface area contributed by atoms with Gasteiger partial charge in [0.2, 0.25) is 5.91 Å². The van der Waals surface area contributed by atoms with Gasteiger partial charge in [-0.15, -0.1) is 11.3 Å². The molecule has 2 fully saturated rings. The average molecular weight is 507 g/mol. The monoisotopic (exact) mass is 506 g/mol. The maximum atomic E-state index is 13.7. The number of amides is 2. The zero-order valence-corrected chi connectivity index (χ0v) is 21.9. The molecule has 3 heterocycles. The molecule has 2 saturated heterocycles. The fourth-order valence-corrected chi connectivity index (χ4v) is 6.21. The molecule has 0 saturated carbocycles. The van der Waals surface area contributed by atoms with Gasteiger partial charge in [-0.2, -0.15) is 0 Å². The first-order valence-electron chi connectivity index (χ1n) is 12.7. The third-order valence-electron chi connectivity index (χ3n) is 7.50. The lowest BCUT2D eigenvalue weighted by molar-refractivity contribution is -0.131. The molecule has 0 spiro atoms. The standard InChI is InChI=1S/C28H34N4O3S/c1-29-13-11-22(12-14-29)30-15-17-31(18-16-30)27(33)19-32(25-20-36-26-6-4-3-5-24(25)26)28(34)21-7-9-23(35-2)10-8-21/h3-10,20,22H,11-19H2,1-2H3. The van der Waals surface area contributed by atoms with Crippen LogP contribution in [0.25, 0.3) is 10.1 Å². The summed E-state index contributed by atoms with van der Waals surface area (Å²) in [6.07, 6.45) is 2.39. The number of benzene rings is 2. The molecule has 2 aromatic carbocycles. The Morgan fingerprint density at radius 1 is 0.972 bits per heavy atom. The van der Waals surface area contributed by atoms with Gasteiger partial charge in [0, 0.05) is 53.3 Å². The van der Waals surface area contributed by atoms with Crippen LogP contribution in [0.1, 0.15) is 23.2 Å². The first-order chi connectivity index (χ1) is 17.5. The summed E-state index contributed by atoms with van der Waals surface area (Å²) in [6.45, 7) is 5.52. The van der Waals surface area contributed by atoms with E-state index in [0.29, 0.717) is 30.4 Å². The molecule has 5 rings (SSSR count). The van der Waals surface area contributed by atoms with Gasteiger partial charge in [0.25, 0.3) is 5.91 Å². The minimum atomic E-state index is -0.181. The van der Waals surface area contributed by atoms with Gasteiger partial charge in [-0.1, -0.05) is 18.2 Å². The second kappa shape index (κ2) is 11.0. The summed E-state index contributed by atoms with van der Waals surface area (Å²) in [5.41, 5.74) is 1.32. The number of nitrogens with zero attached hydrogens (tertiary/aromatic N) is 4. The van der Waals surface area contributed by atoms with Crippen molar-refractivity contribution in [2.24, 2.45) is 0 Å². The first-order valence-corrected chi connectivity index (χ1v) is 13.5.